The first kappa shape index (κ1) is 4.24. The van der Waals surface area contributed by atoms with Crippen LogP contribution < -0.4 is 0 Å². The molecule has 0 aromatic rings. The lowest BCUT2D eigenvalue weighted by Crippen LogP contribution is -2.26. The standard InChI is InChI=1S/C6H9NO/c1-7-2-5-4-8-6(5)3-7/h3,5H,2,4H2,1H3. The third-order valence-corrected chi connectivity index (χ3v) is 1.71. The fraction of sp³-hybridized carbons (Fsp3) is 0.667. The van der Waals surface area contributed by atoms with Crippen molar-refractivity contribution < 1.29 is 4.74 Å². The van der Waals surface area contributed by atoms with Crippen LogP contribution in [0.1, 0.15) is 0 Å². The predicted octanol–water partition coefficient (Wildman–Crippen LogP) is 0.420. The van der Waals surface area contributed by atoms with Crippen LogP contribution in [0.4, 0.5) is 0 Å². The monoisotopic (exact) mass is 111 g/mol. The van der Waals surface area contributed by atoms with E-state index in [0.29, 0.717) is 0 Å². The second kappa shape index (κ2) is 1.19. The summed E-state index contributed by atoms with van der Waals surface area (Å²) < 4.78 is 5.14. The molecule has 1 atom stereocenters. The molecule has 0 spiro atoms. The Morgan fingerprint density at radius 3 is 3.00 bits per heavy atom. The Morgan fingerprint density at radius 1 is 1.88 bits per heavy atom. The van der Waals surface area contributed by atoms with Crippen LogP contribution in [0.2, 0.25) is 0 Å². The van der Waals surface area contributed by atoms with Crippen molar-refractivity contribution >= 4 is 0 Å². The Bertz CT molecular complexity index is 141. The van der Waals surface area contributed by atoms with Crippen LogP contribution in [-0.4, -0.2) is 25.1 Å². The predicted molar refractivity (Wildman–Crippen MR) is 30.2 cm³/mol. The molecule has 2 nitrogen and oxygen atoms in total. The molecule has 0 radical (unpaired) electrons. The van der Waals surface area contributed by atoms with Gasteiger partial charge in [-0.1, -0.05) is 0 Å². The molecule has 2 heteroatoms. The summed E-state index contributed by atoms with van der Waals surface area (Å²) in [7, 11) is 2.08. The number of rotatable bonds is 0. The highest BCUT2D eigenvalue weighted by Crippen LogP contribution is 2.30. The summed E-state index contributed by atoms with van der Waals surface area (Å²) in [6.07, 6.45) is 2.08. The van der Waals surface area contributed by atoms with Gasteiger partial charge < -0.3 is 9.64 Å². The van der Waals surface area contributed by atoms with Gasteiger partial charge in [0.05, 0.1) is 12.5 Å². The van der Waals surface area contributed by atoms with Gasteiger partial charge in [-0.15, -0.1) is 0 Å². The molecule has 0 aliphatic carbocycles. The molecule has 2 heterocycles. The van der Waals surface area contributed by atoms with Crippen LogP contribution in [0, 0.1) is 5.92 Å². The van der Waals surface area contributed by atoms with Crippen molar-refractivity contribution in [1.82, 2.24) is 4.90 Å². The molecule has 1 saturated heterocycles. The molecule has 44 valence electrons. The zero-order chi connectivity index (χ0) is 5.56. The lowest BCUT2D eigenvalue weighted by atomic mass is 10.1. The highest BCUT2D eigenvalue weighted by molar-refractivity contribution is 5.11. The van der Waals surface area contributed by atoms with Crippen LogP contribution in [-0.2, 0) is 4.74 Å². The van der Waals surface area contributed by atoms with E-state index < -0.39 is 0 Å². The van der Waals surface area contributed by atoms with Crippen LogP contribution in [0.15, 0.2) is 12.0 Å². The molecule has 1 fully saturated rings. The average Bonchev–Trinajstić information content (AvgIpc) is 1.91. The zero-order valence-corrected chi connectivity index (χ0v) is 4.92. The molecule has 0 N–H and O–H groups in total. The van der Waals surface area contributed by atoms with Crippen molar-refractivity contribution in [2.45, 2.75) is 0 Å². The van der Waals surface area contributed by atoms with Crippen LogP contribution in [0.5, 0.6) is 0 Å². The van der Waals surface area contributed by atoms with Gasteiger partial charge in [0.15, 0.2) is 0 Å². The first-order valence-corrected chi connectivity index (χ1v) is 2.91. The van der Waals surface area contributed by atoms with Crippen molar-refractivity contribution in [3.8, 4) is 0 Å². The van der Waals surface area contributed by atoms with E-state index in [1.165, 1.54) is 5.76 Å². The Hall–Kier alpha value is -0.660. The highest BCUT2D eigenvalue weighted by atomic mass is 16.5. The van der Waals surface area contributed by atoms with E-state index >= 15 is 0 Å². The normalized spacial score (nSPS) is 32.9. The van der Waals surface area contributed by atoms with Crippen LogP contribution in [0.3, 0.4) is 0 Å². The molecule has 0 aromatic carbocycles. The van der Waals surface area contributed by atoms with E-state index in [9.17, 15) is 0 Å². The number of nitrogens with zero attached hydrogens (tertiary/aromatic N) is 1. The maximum Gasteiger partial charge on any atom is 0.120 e. The molecule has 2 aliphatic rings. The van der Waals surface area contributed by atoms with E-state index in [-0.39, 0.29) is 0 Å². The van der Waals surface area contributed by atoms with E-state index in [1.54, 1.807) is 0 Å². The second-order valence-corrected chi connectivity index (χ2v) is 2.48. The van der Waals surface area contributed by atoms with Crippen molar-refractivity contribution in [2.75, 3.05) is 20.2 Å². The summed E-state index contributed by atoms with van der Waals surface area (Å²) in [5.41, 5.74) is 0. The zero-order valence-electron chi connectivity index (χ0n) is 4.92. The van der Waals surface area contributed by atoms with Gasteiger partial charge in [-0.2, -0.15) is 0 Å². The quantitative estimate of drug-likeness (QED) is 0.449. The van der Waals surface area contributed by atoms with Crippen LogP contribution >= 0.6 is 0 Å². The largest absolute Gasteiger partial charge is 0.495 e. The van der Waals surface area contributed by atoms with Crippen LogP contribution in [0.25, 0.3) is 0 Å². The fourth-order valence-electron chi connectivity index (χ4n) is 1.20. The molecule has 0 saturated carbocycles. The highest BCUT2D eigenvalue weighted by Gasteiger charge is 2.32. The maximum atomic E-state index is 5.14. The summed E-state index contributed by atoms with van der Waals surface area (Å²) in [5, 5.41) is 0. The lowest BCUT2D eigenvalue weighted by Gasteiger charge is -2.24. The second-order valence-electron chi connectivity index (χ2n) is 2.48. The van der Waals surface area contributed by atoms with Crippen molar-refractivity contribution in [3.05, 3.63) is 12.0 Å². The summed E-state index contributed by atoms with van der Waals surface area (Å²) in [6.45, 7) is 2.10. The number of ether oxygens (including phenoxy) is 1. The third-order valence-electron chi connectivity index (χ3n) is 1.71. The average molecular weight is 111 g/mol. The van der Waals surface area contributed by atoms with Crippen molar-refractivity contribution in [2.24, 2.45) is 5.92 Å². The van der Waals surface area contributed by atoms with E-state index in [0.717, 1.165) is 19.1 Å². The van der Waals surface area contributed by atoms with Gasteiger partial charge >= 0.3 is 0 Å². The molecule has 0 aromatic heterocycles. The van der Waals surface area contributed by atoms with Gasteiger partial charge in [0, 0.05) is 19.8 Å². The minimum absolute atomic E-state index is 0.736. The van der Waals surface area contributed by atoms with Crippen molar-refractivity contribution in [3.63, 3.8) is 0 Å². The van der Waals surface area contributed by atoms with E-state index in [4.69, 9.17) is 4.74 Å². The van der Waals surface area contributed by atoms with Gasteiger partial charge in [-0.05, 0) is 0 Å². The number of fused-ring (bicyclic) bond motifs is 1. The molecular weight excluding hydrogens is 102 g/mol. The van der Waals surface area contributed by atoms with Crippen molar-refractivity contribution in [1.29, 1.82) is 0 Å². The SMILES string of the molecule is CN1C=C2OCC2C1. The molecule has 8 heavy (non-hydrogen) atoms. The van der Waals surface area contributed by atoms with E-state index in [2.05, 4.69) is 18.1 Å². The van der Waals surface area contributed by atoms with Gasteiger partial charge in [0.1, 0.15) is 5.76 Å². The molecule has 1 unspecified atom stereocenters. The van der Waals surface area contributed by atoms with Gasteiger partial charge in [-0.25, -0.2) is 0 Å². The first-order chi connectivity index (χ1) is 3.86. The summed E-state index contributed by atoms with van der Waals surface area (Å²) in [6, 6.07) is 0. The smallest absolute Gasteiger partial charge is 0.120 e. The number of hydrogen-bond acceptors (Lipinski definition) is 2. The third kappa shape index (κ3) is 0.377. The minimum atomic E-state index is 0.736. The molecule has 2 rings (SSSR count). The van der Waals surface area contributed by atoms with E-state index in [1.807, 2.05) is 0 Å². The maximum absolute atomic E-state index is 5.14. The molecule has 2 aliphatic heterocycles. The van der Waals surface area contributed by atoms with Gasteiger partial charge in [-0.3, -0.25) is 0 Å². The summed E-state index contributed by atoms with van der Waals surface area (Å²) in [5.74, 6) is 1.92. The fourth-order valence-corrected chi connectivity index (χ4v) is 1.20. The Balaban J connectivity index is 2.17. The number of hydrogen-bond donors (Lipinski definition) is 0. The molecular formula is C6H9NO. The Morgan fingerprint density at radius 2 is 2.75 bits per heavy atom. The summed E-state index contributed by atoms with van der Waals surface area (Å²) >= 11 is 0. The Labute approximate surface area is 48.7 Å². The molecule has 0 amide bonds. The Kier molecular flexibility index (Phi) is 0.629. The van der Waals surface area contributed by atoms with Gasteiger partial charge in [0.2, 0.25) is 0 Å². The minimum Gasteiger partial charge on any atom is -0.495 e. The topological polar surface area (TPSA) is 12.5 Å². The lowest BCUT2D eigenvalue weighted by molar-refractivity contribution is 0.0589. The first-order valence-electron chi connectivity index (χ1n) is 2.91. The van der Waals surface area contributed by atoms with Gasteiger partial charge in [0.25, 0.3) is 0 Å². The summed E-state index contributed by atoms with van der Waals surface area (Å²) in [4.78, 5) is 2.17. The molecule has 0 bridgehead atoms.